The first kappa shape index (κ1) is 22.9. The highest BCUT2D eigenvalue weighted by atomic mass is 19.1. The van der Waals surface area contributed by atoms with Crippen LogP contribution in [0, 0.1) is 5.82 Å². The maximum atomic E-state index is 13.5. The molecule has 1 aliphatic heterocycles. The van der Waals surface area contributed by atoms with E-state index in [0.29, 0.717) is 37.1 Å². The number of aromatic nitrogens is 2. The minimum absolute atomic E-state index is 0.0717. The molecule has 0 saturated carbocycles. The first-order valence-electron chi connectivity index (χ1n) is 11.5. The molecule has 1 amide bonds. The van der Waals surface area contributed by atoms with Crippen molar-refractivity contribution in [2.75, 3.05) is 32.8 Å². The summed E-state index contributed by atoms with van der Waals surface area (Å²) < 4.78 is 24.7. The van der Waals surface area contributed by atoms with Gasteiger partial charge in [0.05, 0.1) is 19.3 Å². The topological polar surface area (TPSA) is 80.5 Å². The number of hydrogen-bond acceptors (Lipinski definition) is 6. The number of hydrogen-bond donors (Lipinski definition) is 1. The second kappa shape index (κ2) is 10.6. The number of amides is 1. The van der Waals surface area contributed by atoms with Gasteiger partial charge in [0.15, 0.2) is 0 Å². The molecule has 5 rings (SSSR count). The molecule has 0 bridgehead atoms. The highest BCUT2D eigenvalue weighted by molar-refractivity contribution is 5.94. The summed E-state index contributed by atoms with van der Waals surface area (Å²) in [7, 11) is 0. The molecule has 0 radical (unpaired) electrons. The summed E-state index contributed by atoms with van der Waals surface area (Å²) in [5, 5.41) is 11.3. The zero-order valence-corrected chi connectivity index (χ0v) is 19.1. The van der Waals surface area contributed by atoms with Gasteiger partial charge in [-0.05, 0) is 54.1 Å². The Labute approximate surface area is 202 Å². The Morgan fingerprint density at radius 3 is 2.17 bits per heavy atom. The number of nitrogens with one attached hydrogen (secondary N) is 1. The van der Waals surface area contributed by atoms with Crippen molar-refractivity contribution in [3.63, 3.8) is 0 Å². The van der Waals surface area contributed by atoms with Gasteiger partial charge in [0.25, 0.3) is 5.91 Å². The van der Waals surface area contributed by atoms with Gasteiger partial charge in [0.1, 0.15) is 5.82 Å². The SMILES string of the molecule is O=C(NC[C@H](c1ccc(F)cc1)N1CCOCC1)c1ccc(-c2nnc(-c3ccccc3)o2)cc1. The molecule has 4 aromatic rings. The van der Waals surface area contributed by atoms with Gasteiger partial charge in [0.2, 0.25) is 11.8 Å². The van der Waals surface area contributed by atoms with Crippen LogP contribution in [0.5, 0.6) is 0 Å². The summed E-state index contributed by atoms with van der Waals surface area (Å²) in [6.07, 6.45) is 0. The van der Waals surface area contributed by atoms with Crippen molar-refractivity contribution in [3.8, 4) is 22.9 Å². The summed E-state index contributed by atoms with van der Waals surface area (Å²) in [4.78, 5) is 15.1. The van der Waals surface area contributed by atoms with Gasteiger partial charge in [-0.15, -0.1) is 10.2 Å². The molecule has 0 unspecified atom stereocenters. The quantitative estimate of drug-likeness (QED) is 0.431. The Bertz CT molecular complexity index is 1250. The summed E-state index contributed by atoms with van der Waals surface area (Å²) in [5.41, 5.74) is 3.05. The lowest BCUT2D eigenvalue weighted by molar-refractivity contribution is 0.0162. The van der Waals surface area contributed by atoms with Crippen LogP contribution in [-0.2, 0) is 4.74 Å². The van der Waals surface area contributed by atoms with Gasteiger partial charge in [-0.2, -0.15) is 0 Å². The molecule has 1 fully saturated rings. The van der Waals surface area contributed by atoms with Crippen molar-refractivity contribution in [1.82, 2.24) is 20.4 Å². The van der Waals surface area contributed by atoms with Crippen LogP contribution in [0.3, 0.4) is 0 Å². The summed E-state index contributed by atoms with van der Waals surface area (Å²) in [6.45, 7) is 3.17. The minimum Gasteiger partial charge on any atom is -0.416 e. The van der Waals surface area contributed by atoms with E-state index in [9.17, 15) is 9.18 Å². The van der Waals surface area contributed by atoms with Crippen LogP contribution >= 0.6 is 0 Å². The third kappa shape index (κ3) is 5.45. The lowest BCUT2D eigenvalue weighted by Gasteiger charge is -2.35. The molecule has 0 spiro atoms. The Hall–Kier alpha value is -3.88. The minimum atomic E-state index is -0.282. The zero-order valence-electron chi connectivity index (χ0n) is 19.1. The Balaban J connectivity index is 1.26. The lowest BCUT2D eigenvalue weighted by atomic mass is 10.0. The van der Waals surface area contributed by atoms with Crippen LogP contribution in [0.25, 0.3) is 22.9 Å². The van der Waals surface area contributed by atoms with Crippen LogP contribution in [0.2, 0.25) is 0 Å². The molecule has 8 heteroatoms. The first-order chi connectivity index (χ1) is 17.2. The molecular formula is C27H25FN4O3. The fourth-order valence-electron chi connectivity index (χ4n) is 4.12. The van der Waals surface area contributed by atoms with Crippen molar-refractivity contribution in [2.45, 2.75) is 6.04 Å². The Morgan fingerprint density at radius 2 is 1.51 bits per heavy atom. The molecule has 35 heavy (non-hydrogen) atoms. The molecule has 2 heterocycles. The molecule has 0 aliphatic carbocycles. The number of carbonyl (C=O) groups excluding carboxylic acids is 1. The van der Waals surface area contributed by atoms with Gasteiger partial charge in [0, 0.05) is 36.3 Å². The summed E-state index contributed by atoms with van der Waals surface area (Å²) in [5.74, 6) is 0.361. The van der Waals surface area contributed by atoms with Gasteiger partial charge >= 0.3 is 0 Å². The number of rotatable bonds is 7. The molecular weight excluding hydrogens is 447 g/mol. The number of carbonyl (C=O) groups is 1. The van der Waals surface area contributed by atoms with E-state index < -0.39 is 0 Å². The van der Waals surface area contributed by atoms with Crippen LogP contribution in [0.15, 0.2) is 83.3 Å². The predicted molar refractivity (Wildman–Crippen MR) is 129 cm³/mol. The lowest BCUT2D eigenvalue weighted by Crippen LogP contribution is -2.43. The van der Waals surface area contributed by atoms with E-state index in [1.54, 1.807) is 36.4 Å². The van der Waals surface area contributed by atoms with Crippen LogP contribution in [0.4, 0.5) is 4.39 Å². The fourth-order valence-corrected chi connectivity index (χ4v) is 4.12. The summed E-state index contributed by atoms with van der Waals surface area (Å²) in [6, 6.07) is 23.0. The number of morpholine rings is 1. The summed E-state index contributed by atoms with van der Waals surface area (Å²) >= 11 is 0. The highest BCUT2D eigenvalue weighted by Gasteiger charge is 2.23. The van der Waals surface area contributed by atoms with Crippen molar-refractivity contribution in [1.29, 1.82) is 0 Å². The van der Waals surface area contributed by atoms with E-state index in [1.165, 1.54) is 12.1 Å². The molecule has 1 aromatic heterocycles. The first-order valence-corrected chi connectivity index (χ1v) is 11.5. The number of benzene rings is 3. The van der Waals surface area contributed by atoms with E-state index >= 15 is 0 Å². The van der Waals surface area contributed by atoms with E-state index in [1.807, 2.05) is 30.3 Å². The van der Waals surface area contributed by atoms with Gasteiger partial charge < -0.3 is 14.5 Å². The van der Waals surface area contributed by atoms with Crippen molar-refractivity contribution >= 4 is 5.91 Å². The third-order valence-electron chi connectivity index (χ3n) is 6.04. The third-order valence-corrected chi connectivity index (χ3v) is 6.04. The molecule has 7 nitrogen and oxygen atoms in total. The van der Waals surface area contributed by atoms with E-state index in [2.05, 4.69) is 20.4 Å². The van der Waals surface area contributed by atoms with E-state index in [0.717, 1.165) is 29.8 Å². The normalized spacial score (nSPS) is 15.0. The monoisotopic (exact) mass is 472 g/mol. The molecule has 1 atom stereocenters. The molecule has 3 aromatic carbocycles. The van der Waals surface area contributed by atoms with Crippen molar-refractivity contribution in [2.24, 2.45) is 0 Å². The molecule has 1 aliphatic rings. The number of ether oxygens (including phenoxy) is 1. The predicted octanol–water partition coefficient (Wildman–Crippen LogP) is 4.35. The van der Waals surface area contributed by atoms with Gasteiger partial charge in [-0.3, -0.25) is 9.69 Å². The van der Waals surface area contributed by atoms with Gasteiger partial charge in [-0.1, -0.05) is 30.3 Å². The van der Waals surface area contributed by atoms with Crippen LogP contribution in [0.1, 0.15) is 22.0 Å². The average molecular weight is 473 g/mol. The highest BCUT2D eigenvalue weighted by Crippen LogP contribution is 2.25. The van der Waals surface area contributed by atoms with Crippen LogP contribution in [-0.4, -0.2) is 53.9 Å². The maximum Gasteiger partial charge on any atom is 0.251 e. The van der Waals surface area contributed by atoms with E-state index in [-0.39, 0.29) is 17.8 Å². The number of nitrogens with zero attached hydrogens (tertiary/aromatic N) is 3. The molecule has 1 saturated heterocycles. The smallest absolute Gasteiger partial charge is 0.251 e. The maximum absolute atomic E-state index is 13.5. The fraction of sp³-hybridized carbons (Fsp3) is 0.222. The average Bonchev–Trinajstić information content (AvgIpc) is 3.41. The molecule has 1 N–H and O–H groups in total. The van der Waals surface area contributed by atoms with E-state index in [4.69, 9.17) is 9.15 Å². The Kier molecular flexibility index (Phi) is 6.92. The Morgan fingerprint density at radius 1 is 0.886 bits per heavy atom. The second-order valence-corrected chi connectivity index (χ2v) is 8.28. The standard InChI is InChI=1S/C27H25FN4O3/c28-23-12-10-19(11-13-23)24(32-14-16-34-17-15-32)18-29-25(33)20-6-8-22(9-7-20)27-31-30-26(35-27)21-4-2-1-3-5-21/h1-13,24H,14-18H2,(H,29,33)/t24-/m1/s1. The van der Waals surface area contributed by atoms with Crippen molar-refractivity contribution in [3.05, 3.63) is 95.8 Å². The second-order valence-electron chi connectivity index (χ2n) is 8.28. The van der Waals surface area contributed by atoms with Gasteiger partial charge in [-0.25, -0.2) is 4.39 Å². The largest absolute Gasteiger partial charge is 0.416 e. The zero-order chi connectivity index (χ0) is 24.0. The molecule has 178 valence electrons. The van der Waals surface area contributed by atoms with Crippen LogP contribution < -0.4 is 5.32 Å². The number of halogens is 1. The van der Waals surface area contributed by atoms with Crippen molar-refractivity contribution < 1.29 is 18.3 Å².